The molecular weight excluding hydrogens is 300 g/mol. The molecule has 0 aliphatic rings. The SMILES string of the molecule is CC[C@H](CNC(=O)c1ccc(-n2cncn2)cc1)c1ccccc1. The van der Waals surface area contributed by atoms with Gasteiger partial charge in [0.05, 0.1) is 5.69 Å². The van der Waals surface area contributed by atoms with E-state index in [1.807, 2.05) is 30.3 Å². The minimum atomic E-state index is -0.0606. The Kier molecular flexibility index (Phi) is 5.01. The van der Waals surface area contributed by atoms with Crippen molar-refractivity contribution in [2.24, 2.45) is 0 Å². The lowest BCUT2D eigenvalue weighted by molar-refractivity contribution is 0.0951. The van der Waals surface area contributed by atoms with E-state index in [1.54, 1.807) is 23.1 Å². The van der Waals surface area contributed by atoms with E-state index in [2.05, 4.69) is 34.5 Å². The topological polar surface area (TPSA) is 59.8 Å². The Morgan fingerprint density at radius 3 is 2.50 bits per heavy atom. The summed E-state index contributed by atoms with van der Waals surface area (Å²) in [6.07, 6.45) is 4.09. The molecule has 3 aromatic rings. The van der Waals surface area contributed by atoms with Gasteiger partial charge in [0.1, 0.15) is 12.7 Å². The van der Waals surface area contributed by atoms with Crippen LogP contribution in [0.1, 0.15) is 35.2 Å². The van der Waals surface area contributed by atoms with Crippen LogP contribution in [0.25, 0.3) is 5.69 Å². The van der Waals surface area contributed by atoms with Gasteiger partial charge in [-0.1, -0.05) is 37.3 Å². The van der Waals surface area contributed by atoms with E-state index in [0.717, 1.165) is 12.1 Å². The molecule has 0 spiro atoms. The zero-order valence-electron chi connectivity index (χ0n) is 13.6. The van der Waals surface area contributed by atoms with Crippen molar-refractivity contribution in [3.05, 3.63) is 78.4 Å². The first-order valence-electron chi connectivity index (χ1n) is 8.06. The van der Waals surface area contributed by atoms with Gasteiger partial charge in [-0.2, -0.15) is 5.10 Å². The van der Waals surface area contributed by atoms with Crippen molar-refractivity contribution in [2.75, 3.05) is 6.54 Å². The fraction of sp³-hybridized carbons (Fsp3) is 0.211. The molecule has 0 radical (unpaired) electrons. The van der Waals surface area contributed by atoms with Crippen molar-refractivity contribution >= 4 is 5.91 Å². The van der Waals surface area contributed by atoms with Crippen molar-refractivity contribution in [3.8, 4) is 5.69 Å². The molecule has 24 heavy (non-hydrogen) atoms. The maximum atomic E-state index is 12.3. The normalized spacial score (nSPS) is 11.9. The second kappa shape index (κ2) is 7.55. The molecule has 1 aromatic heterocycles. The molecular formula is C19H20N4O. The van der Waals surface area contributed by atoms with E-state index in [0.29, 0.717) is 18.0 Å². The number of nitrogens with zero attached hydrogens (tertiary/aromatic N) is 3. The number of rotatable bonds is 6. The van der Waals surface area contributed by atoms with Gasteiger partial charge >= 0.3 is 0 Å². The highest BCUT2D eigenvalue weighted by Crippen LogP contribution is 2.18. The molecule has 0 bridgehead atoms. The summed E-state index contributed by atoms with van der Waals surface area (Å²) < 4.78 is 1.66. The van der Waals surface area contributed by atoms with Crippen LogP contribution in [-0.4, -0.2) is 27.2 Å². The molecule has 1 amide bonds. The van der Waals surface area contributed by atoms with Gasteiger partial charge < -0.3 is 5.32 Å². The number of carbonyl (C=O) groups excluding carboxylic acids is 1. The lowest BCUT2D eigenvalue weighted by Crippen LogP contribution is -2.28. The van der Waals surface area contributed by atoms with Crippen LogP contribution in [0.2, 0.25) is 0 Å². The van der Waals surface area contributed by atoms with Crippen molar-refractivity contribution in [2.45, 2.75) is 19.3 Å². The summed E-state index contributed by atoms with van der Waals surface area (Å²) in [4.78, 5) is 16.3. The Morgan fingerprint density at radius 1 is 1.12 bits per heavy atom. The first-order chi connectivity index (χ1) is 11.8. The first kappa shape index (κ1) is 15.9. The Balaban J connectivity index is 1.62. The van der Waals surface area contributed by atoms with Crippen LogP contribution in [-0.2, 0) is 0 Å². The molecule has 0 saturated carbocycles. The number of amides is 1. The molecule has 5 nitrogen and oxygen atoms in total. The molecule has 0 saturated heterocycles. The van der Waals surface area contributed by atoms with E-state index >= 15 is 0 Å². The van der Waals surface area contributed by atoms with Gasteiger partial charge in [-0.3, -0.25) is 4.79 Å². The molecule has 0 fully saturated rings. The smallest absolute Gasteiger partial charge is 0.251 e. The molecule has 122 valence electrons. The minimum Gasteiger partial charge on any atom is -0.351 e. The summed E-state index contributed by atoms with van der Waals surface area (Å²) in [5, 5.41) is 7.10. The molecule has 1 heterocycles. The van der Waals surface area contributed by atoms with E-state index < -0.39 is 0 Å². The van der Waals surface area contributed by atoms with Gasteiger partial charge in [-0.15, -0.1) is 0 Å². The number of carbonyl (C=O) groups is 1. The van der Waals surface area contributed by atoms with Crippen LogP contribution in [0.3, 0.4) is 0 Å². The molecule has 0 aliphatic carbocycles. The predicted molar refractivity (Wildman–Crippen MR) is 93.2 cm³/mol. The summed E-state index contributed by atoms with van der Waals surface area (Å²) in [6, 6.07) is 17.6. The Labute approximate surface area is 141 Å². The van der Waals surface area contributed by atoms with Crippen LogP contribution in [0.15, 0.2) is 67.3 Å². The lowest BCUT2D eigenvalue weighted by Gasteiger charge is -2.16. The van der Waals surface area contributed by atoms with Crippen LogP contribution in [0.5, 0.6) is 0 Å². The van der Waals surface area contributed by atoms with Crippen LogP contribution in [0.4, 0.5) is 0 Å². The second-order valence-electron chi connectivity index (χ2n) is 5.61. The average molecular weight is 320 g/mol. The van der Waals surface area contributed by atoms with Crippen LogP contribution < -0.4 is 5.32 Å². The third-order valence-corrected chi connectivity index (χ3v) is 4.09. The minimum absolute atomic E-state index is 0.0606. The largest absolute Gasteiger partial charge is 0.351 e. The van der Waals surface area contributed by atoms with Gasteiger partial charge in [0.15, 0.2) is 0 Å². The van der Waals surface area contributed by atoms with Gasteiger partial charge in [-0.05, 0) is 36.2 Å². The lowest BCUT2D eigenvalue weighted by atomic mass is 9.96. The zero-order chi connectivity index (χ0) is 16.8. The predicted octanol–water partition coefficient (Wildman–Crippen LogP) is 3.19. The number of nitrogens with one attached hydrogen (secondary N) is 1. The first-order valence-corrected chi connectivity index (χ1v) is 8.06. The van der Waals surface area contributed by atoms with Gasteiger partial charge in [0.2, 0.25) is 0 Å². The zero-order valence-corrected chi connectivity index (χ0v) is 13.6. The number of hydrogen-bond acceptors (Lipinski definition) is 3. The molecule has 1 N–H and O–H groups in total. The molecule has 5 heteroatoms. The van der Waals surface area contributed by atoms with Gasteiger partial charge in [0, 0.05) is 18.0 Å². The van der Waals surface area contributed by atoms with Crippen molar-refractivity contribution in [1.82, 2.24) is 20.1 Å². The van der Waals surface area contributed by atoms with Crippen LogP contribution >= 0.6 is 0 Å². The third kappa shape index (κ3) is 3.68. The summed E-state index contributed by atoms with van der Waals surface area (Å²) >= 11 is 0. The van der Waals surface area contributed by atoms with Crippen molar-refractivity contribution in [1.29, 1.82) is 0 Å². The van der Waals surface area contributed by atoms with E-state index in [4.69, 9.17) is 0 Å². The average Bonchev–Trinajstić information content (AvgIpc) is 3.18. The summed E-state index contributed by atoms with van der Waals surface area (Å²) in [5.74, 6) is 0.263. The standard InChI is InChI=1S/C19H20N4O/c1-2-15(16-6-4-3-5-7-16)12-21-19(24)17-8-10-18(11-9-17)23-14-20-13-22-23/h3-11,13-15H,2,12H2,1H3,(H,21,24)/t15-/m1/s1. The van der Waals surface area contributed by atoms with E-state index in [-0.39, 0.29) is 5.91 Å². The second-order valence-corrected chi connectivity index (χ2v) is 5.61. The third-order valence-electron chi connectivity index (χ3n) is 4.09. The highest BCUT2D eigenvalue weighted by molar-refractivity contribution is 5.94. The van der Waals surface area contributed by atoms with Crippen molar-refractivity contribution < 1.29 is 4.79 Å². The Hall–Kier alpha value is -2.95. The van der Waals surface area contributed by atoms with E-state index in [1.165, 1.54) is 11.9 Å². The Bertz CT molecular complexity index is 767. The Morgan fingerprint density at radius 2 is 1.88 bits per heavy atom. The fourth-order valence-corrected chi connectivity index (χ4v) is 2.65. The van der Waals surface area contributed by atoms with Gasteiger partial charge in [-0.25, -0.2) is 9.67 Å². The summed E-state index contributed by atoms with van der Waals surface area (Å²) in [6.45, 7) is 2.76. The van der Waals surface area contributed by atoms with E-state index in [9.17, 15) is 4.79 Å². The monoisotopic (exact) mass is 320 g/mol. The molecule has 1 atom stereocenters. The maximum absolute atomic E-state index is 12.3. The fourth-order valence-electron chi connectivity index (χ4n) is 2.65. The molecule has 3 rings (SSSR count). The number of aromatic nitrogens is 3. The molecule has 2 aromatic carbocycles. The maximum Gasteiger partial charge on any atom is 0.251 e. The van der Waals surface area contributed by atoms with Crippen LogP contribution in [0, 0.1) is 0 Å². The van der Waals surface area contributed by atoms with Crippen molar-refractivity contribution in [3.63, 3.8) is 0 Å². The number of benzene rings is 2. The highest BCUT2D eigenvalue weighted by atomic mass is 16.1. The quantitative estimate of drug-likeness (QED) is 0.759. The summed E-state index contributed by atoms with van der Waals surface area (Å²) in [7, 11) is 0. The highest BCUT2D eigenvalue weighted by Gasteiger charge is 2.12. The van der Waals surface area contributed by atoms with Gasteiger partial charge in [0.25, 0.3) is 5.91 Å². The summed E-state index contributed by atoms with van der Waals surface area (Å²) in [5.41, 5.74) is 2.77. The molecule has 0 aliphatic heterocycles. The molecule has 0 unspecified atom stereocenters. The number of hydrogen-bond donors (Lipinski definition) is 1.